The van der Waals surface area contributed by atoms with Crippen molar-refractivity contribution in [3.05, 3.63) is 66.5 Å². The van der Waals surface area contributed by atoms with E-state index in [1.807, 2.05) is 79.9 Å². The van der Waals surface area contributed by atoms with Gasteiger partial charge < -0.3 is 24.1 Å². The van der Waals surface area contributed by atoms with Crippen LogP contribution in [0, 0.1) is 14.3 Å². The zero-order valence-electron chi connectivity index (χ0n) is 18.7. The number of hydrogen-bond donors (Lipinski definition) is 2. The van der Waals surface area contributed by atoms with E-state index in [4.69, 9.17) is 19.0 Å². The predicted octanol–water partition coefficient (Wildman–Crippen LogP) is 5.47. The number of benzene rings is 3. The first-order valence-electron chi connectivity index (χ1n) is 10.2. The number of aliphatic hydroxyl groups excluding tert-OH is 1. The largest absolute Gasteiger partial charge is 0.506 e. The molecule has 0 atom stereocenters. The number of esters is 1. The van der Waals surface area contributed by atoms with Crippen LogP contribution >= 0.6 is 90.4 Å². The van der Waals surface area contributed by atoms with Crippen molar-refractivity contribution in [1.29, 1.82) is 0 Å². The van der Waals surface area contributed by atoms with Crippen LogP contribution in [-0.4, -0.2) is 72.2 Å². The van der Waals surface area contributed by atoms with E-state index in [0.717, 1.165) is 0 Å². The van der Waals surface area contributed by atoms with Gasteiger partial charge in [-0.05, 0) is 114 Å². The molecule has 0 saturated heterocycles. The summed E-state index contributed by atoms with van der Waals surface area (Å²) in [4.78, 5) is 25.8. The average Bonchev–Trinajstić information content (AvgIpc) is 2.85. The summed E-state index contributed by atoms with van der Waals surface area (Å²) in [7, 11) is 0. The van der Waals surface area contributed by atoms with Crippen LogP contribution in [0.15, 0.2) is 45.6 Å². The second-order valence-electron chi connectivity index (χ2n) is 7.27. The molecule has 7 nitrogen and oxygen atoms in total. The van der Waals surface area contributed by atoms with Gasteiger partial charge in [-0.3, -0.25) is 4.79 Å². The van der Waals surface area contributed by atoms with Crippen molar-refractivity contribution in [2.75, 3.05) is 26.4 Å². The standard InChI is InChI=1S/C24H16I4O7.Na/c25-15-9-13-17(11-3-1-2-4-12(11)24(32)34-8-7-33-6-5-29)14-10-16(26)21(31)19(28)23(14)35-22(13)18(27)20(15)30;/h1-4,9-10,29-30H,5-8H2;. The molecule has 12 heteroatoms. The number of ether oxygens (including phenoxy) is 2. The Morgan fingerprint density at radius 1 is 0.944 bits per heavy atom. The molecule has 0 spiro atoms. The summed E-state index contributed by atoms with van der Waals surface area (Å²) in [5, 5.41) is 20.1. The molecular weight excluding hydrogens is 931 g/mol. The predicted molar refractivity (Wildman–Crippen MR) is 171 cm³/mol. The summed E-state index contributed by atoms with van der Waals surface area (Å²) >= 11 is 8.05. The minimum Gasteiger partial charge on any atom is -0.506 e. The van der Waals surface area contributed by atoms with E-state index in [1.165, 1.54) is 0 Å². The van der Waals surface area contributed by atoms with E-state index in [-0.39, 0.29) is 67.2 Å². The summed E-state index contributed by atoms with van der Waals surface area (Å²) < 4.78 is 18.9. The van der Waals surface area contributed by atoms with Crippen LogP contribution < -0.4 is 5.43 Å². The molecule has 0 aromatic heterocycles. The Hall–Kier alpha value is 0.240. The van der Waals surface area contributed by atoms with Crippen molar-refractivity contribution in [3.8, 4) is 28.2 Å². The SMILES string of the molecule is O=C(OCCOCCO)c1ccccc1-c1c2cc(I)c(=O)c(I)c-2oc2c(I)c(O)c(I)cc12.[Na]. The van der Waals surface area contributed by atoms with E-state index in [2.05, 4.69) is 22.6 Å². The van der Waals surface area contributed by atoms with Crippen LogP contribution in [0.1, 0.15) is 10.4 Å². The van der Waals surface area contributed by atoms with E-state index in [0.29, 0.717) is 53.3 Å². The fourth-order valence-corrected chi connectivity index (χ4v) is 7.18. The number of fused-ring (bicyclic) bond motifs is 2. The molecule has 0 amide bonds. The van der Waals surface area contributed by atoms with Gasteiger partial charge in [0.25, 0.3) is 0 Å². The van der Waals surface area contributed by atoms with Crippen molar-refractivity contribution in [2.45, 2.75) is 0 Å². The molecule has 0 bridgehead atoms. The summed E-state index contributed by atoms with van der Waals surface area (Å²) in [5.41, 5.74) is 2.62. The number of hydrogen-bond acceptors (Lipinski definition) is 7. The molecule has 2 aromatic carbocycles. The third-order valence-electron chi connectivity index (χ3n) is 5.14. The van der Waals surface area contributed by atoms with Gasteiger partial charge in [0, 0.05) is 46.1 Å². The molecule has 183 valence electrons. The number of rotatable bonds is 7. The molecule has 2 N–H and O–H groups in total. The molecule has 2 aromatic rings. The van der Waals surface area contributed by atoms with Gasteiger partial charge in [0.1, 0.15) is 15.9 Å². The zero-order valence-corrected chi connectivity index (χ0v) is 29.4. The first-order chi connectivity index (χ1) is 16.8. The maximum absolute atomic E-state index is 13.1. The molecule has 0 unspecified atom stereocenters. The Morgan fingerprint density at radius 2 is 1.67 bits per heavy atom. The number of carbonyl (C=O) groups is 1. The Balaban J connectivity index is 0.00000361. The minimum atomic E-state index is -0.525. The van der Waals surface area contributed by atoms with Gasteiger partial charge in [-0.1, -0.05) is 18.2 Å². The summed E-state index contributed by atoms with van der Waals surface area (Å²) in [6.07, 6.45) is 0. The van der Waals surface area contributed by atoms with Crippen molar-refractivity contribution in [3.63, 3.8) is 0 Å². The number of aromatic hydroxyl groups is 1. The molecule has 4 rings (SSSR count). The van der Waals surface area contributed by atoms with Gasteiger partial charge in [-0.15, -0.1) is 0 Å². The van der Waals surface area contributed by atoms with Crippen LogP contribution in [0.3, 0.4) is 0 Å². The fraction of sp³-hybridized carbons (Fsp3) is 0.167. The van der Waals surface area contributed by atoms with E-state index in [9.17, 15) is 14.7 Å². The van der Waals surface area contributed by atoms with Gasteiger partial charge in [0.2, 0.25) is 5.43 Å². The fourth-order valence-electron chi connectivity index (χ4n) is 3.60. The first kappa shape index (κ1) is 30.8. The molecule has 0 saturated carbocycles. The Labute approximate surface area is 282 Å². The third kappa shape index (κ3) is 6.18. The van der Waals surface area contributed by atoms with Gasteiger partial charge in [-0.25, -0.2) is 4.79 Å². The Kier molecular flexibility index (Phi) is 11.6. The smallest absolute Gasteiger partial charge is 0.338 e. The Bertz CT molecular complexity index is 1470. The molecule has 1 radical (unpaired) electrons. The summed E-state index contributed by atoms with van der Waals surface area (Å²) in [6, 6.07) is 10.7. The maximum atomic E-state index is 13.1. The molecule has 1 heterocycles. The van der Waals surface area contributed by atoms with Gasteiger partial charge >= 0.3 is 5.97 Å². The third-order valence-corrected chi connectivity index (χ3v) is 8.74. The van der Waals surface area contributed by atoms with Crippen molar-refractivity contribution < 1.29 is 28.9 Å². The quantitative estimate of drug-likeness (QED) is 0.0833. The van der Waals surface area contributed by atoms with E-state index < -0.39 is 5.97 Å². The maximum Gasteiger partial charge on any atom is 0.338 e. The summed E-state index contributed by atoms with van der Waals surface area (Å²) in [6.45, 7) is 0.273. The minimum absolute atomic E-state index is 0. The number of phenolic OH excluding ortho intramolecular Hbond substituents is 1. The van der Waals surface area contributed by atoms with Crippen LogP contribution in [0.4, 0.5) is 0 Å². The van der Waals surface area contributed by atoms with E-state index >= 15 is 0 Å². The second kappa shape index (κ2) is 13.5. The summed E-state index contributed by atoms with van der Waals surface area (Å²) in [5.74, 6) is -0.0490. The molecule has 1 aliphatic carbocycles. The first-order valence-corrected chi connectivity index (χ1v) is 14.5. The number of carbonyl (C=O) groups excluding carboxylic acids is 1. The van der Waals surface area contributed by atoms with E-state index in [1.54, 1.807) is 24.3 Å². The molecule has 2 aliphatic rings. The van der Waals surface area contributed by atoms with Gasteiger partial charge in [0.05, 0.1) is 36.1 Å². The van der Waals surface area contributed by atoms with Crippen LogP contribution in [-0.2, 0) is 9.47 Å². The number of halogens is 4. The normalized spacial score (nSPS) is 11.0. The number of phenols is 1. The van der Waals surface area contributed by atoms with Crippen molar-refractivity contribution in [1.82, 2.24) is 0 Å². The molecular formula is C24H16I4NaO7. The van der Waals surface area contributed by atoms with Gasteiger partial charge in [-0.2, -0.15) is 0 Å². The monoisotopic (exact) mass is 947 g/mol. The topological polar surface area (TPSA) is 106 Å². The molecule has 0 fully saturated rings. The van der Waals surface area contributed by atoms with Crippen LogP contribution in [0.5, 0.6) is 5.75 Å². The zero-order chi connectivity index (χ0) is 25.3. The van der Waals surface area contributed by atoms with Crippen molar-refractivity contribution in [2.24, 2.45) is 0 Å². The Morgan fingerprint density at radius 3 is 2.39 bits per heavy atom. The number of aliphatic hydroxyl groups is 1. The van der Waals surface area contributed by atoms with Crippen molar-refractivity contribution >= 4 is 137 Å². The second-order valence-corrected chi connectivity index (χ2v) is 11.8. The van der Waals surface area contributed by atoms with Crippen LogP contribution in [0.2, 0.25) is 0 Å². The molecule has 1 aliphatic heterocycles. The average molecular weight is 947 g/mol. The molecule has 36 heavy (non-hydrogen) atoms. The van der Waals surface area contributed by atoms with Gasteiger partial charge in [0.15, 0.2) is 11.3 Å². The van der Waals surface area contributed by atoms with Crippen LogP contribution in [0.25, 0.3) is 33.4 Å².